The van der Waals surface area contributed by atoms with Crippen LogP contribution in [0.25, 0.3) is 11.1 Å². The summed E-state index contributed by atoms with van der Waals surface area (Å²) in [6.07, 6.45) is 5.33. The van der Waals surface area contributed by atoms with Crippen LogP contribution in [0.3, 0.4) is 0 Å². The summed E-state index contributed by atoms with van der Waals surface area (Å²) in [4.78, 5) is 51.1. The van der Waals surface area contributed by atoms with E-state index in [0.29, 0.717) is 10.6 Å². The Kier molecular flexibility index (Phi) is 6.49. The molecule has 4 rings (SSSR count). The molecule has 2 aliphatic rings. The summed E-state index contributed by atoms with van der Waals surface area (Å²) < 4.78 is 6.76. The first-order valence-corrected chi connectivity index (χ1v) is 12.3. The Morgan fingerprint density at radius 1 is 1.21 bits per heavy atom. The van der Waals surface area contributed by atoms with Crippen LogP contribution in [0.2, 0.25) is 0 Å². The van der Waals surface area contributed by atoms with Crippen LogP contribution < -0.4 is 0 Å². The molecule has 0 saturated carbocycles. The lowest BCUT2D eigenvalue weighted by molar-refractivity contribution is -0.145. The fourth-order valence-corrected chi connectivity index (χ4v) is 6.61. The number of fused-ring (bicyclic) bond motifs is 1. The van der Waals surface area contributed by atoms with Crippen molar-refractivity contribution in [2.75, 3.05) is 13.2 Å². The molecule has 2 aromatic rings. The highest BCUT2D eigenvalue weighted by molar-refractivity contribution is 8.18. The second-order valence-corrected chi connectivity index (χ2v) is 10.0. The van der Waals surface area contributed by atoms with Gasteiger partial charge in [-0.1, -0.05) is 0 Å². The van der Waals surface area contributed by atoms with Gasteiger partial charge in [-0.25, -0.2) is 4.79 Å². The molecule has 1 fully saturated rings. The molecule has 1 aliphatic heterocycles. The van der Waals surface area contributed by atoms with Crippen molar-refractivity contribution in [2.24, 2.45) is 0 Å². The van der Waals surface area contributed by atoms with Crippen LogP contribution in [0.15, 0.2) is 11.0 Å². The summed E-state index contributed by atoms with van der Waals surface area (Å²) in [6.45, 7) is 5.16. The Hall–Kier alpha value is -2.85. The van der Waals surface area contributed by atoms with E-state index in [-0.39, 0.29) is 11.5 Å². The lowest BCUT2D eigenvalue weighted by Gasteiger charge is -2.11. The number of imide groups is 1. The van der Waals surface area contributed by atoms with Gasteiger partial charge in [-0.2, -0.15) is 0 Å². The summed E-state index contributed by atoms with van der Waals surface area (Å²) in [5.41, 5.74) is 3.63. The van der Waals surface area contributed by atoms with E-state index in [9.17, 15) is 24.3 Å². The van der Waals surface area contributed by atoms with Gasteiger partial charge >= 0.3 is 11.9 Å². The van der Waals surface area contributed by atoms with Crippen LogP contribution in [0, 0.1) is 13.8 Å². The topological polar surface area (TPSA) is 106 Å². The van der Waals surface area contributed by atoms with Gasteiger partial charge in [-0.15, -0.1) is 11.3 Å². The third-order valence-corrected chi connectivity index (χ3v) is 7.98. The zero-order valence-electron chi connectivity index (χ0n) is 18.6. The summed E-state index contributed by atoms with van der Waals surface area (Å²) in [5, 5.41) is 10.1. The van der Waals surface area contributed by atoms with Gasteiger partial charge in [0, 0.05) is 16.3 Å². The standard InChI is InChI=1S/C23H24N2O6S2/c1-4-31-18(26)11-24-20(27)17(33-23(24)30)10-14-9-12(2)25(13(14)3)21-19(22(28)29)15-7-5-6-8-16(15)32-21/h9-10H,4-8,11H2,1-3H3,(H,28,29)/b17-10+. The maximum absolute atomic E-state index is 12.7. The number of aromatic carboxylic acids is 1. The molecule has 8 nitrogen and oxygen atoms in total. The zero-order chi connectivity index (χ0) is 23.9. The number of rotatable bonds is 6. The van der Waals surface area contributed by atoms with Gasteiger partial charge in [0.15, 0.2) is 0 Å². The molecule has 33 heavy (non-hydrogen) atoms. The smallest absolute Gasteiger partial charge is 0.339 e. The average molecular weight is 489 g/mol. The molecule has 1 saturated heterocycles. The van der Waals surface area contributed by atoms with Crippen LogP contribution >= 0.6 is 23.1 Å². The molecule has 2 aromatic heterocycles. The second kappa shape index (κ2) is 9.18. The van der Waals surface area contributed by atoms with E-state index in [1.807, 2.05) is 24.5 Å². The minimum atomic E-state index is -0.932. The number of thioether (sulfide) groups is 1. The number of ether oxygens (including phenoxy) is 1. The van der Waals surface area contributed by atoms with Gasteiger partial charge in [0.2, 0.25) is 0 Å². The molecule has 0 unspecified atom stereocenters. The van der Waals surface area contributed by atoms with E-state index < -0.39 is 29.6 Å². The molecule has 1 N–H and O–H groups in total. The van der Waals surface area contributed by atoms with Gasteiger partial charge in [0.05, 0.1) is 17.1 Å². The minimum absolute atomic E-state index is 0.168. The van der Waals surface area contributed by atoms with Crippen molar-refractivity contribution in [2.45, 2.75) is 46.5 Å². The number of aryl methyl sites for hydroxylation is 2. The summed E-state index contributed by atoms with van der Waals surface area (Å²) in [5.74, 6) is -2.11. The van der Waals surface area contributed by atoms with Crippen LogP contribution in [-0.2, 0) is 27.2 Å². The van der Waals surface area contributed by atoms with Gasteiger partial charge in [-0.3, -0.25) is 19.3 Å². The first-order chi connectivity index (χ1) is 15.7. The zero-order valence-corrected chi connectivity index (χ0v) is 20.2. The molecule has 0 radical (unpaired) electrons. The Balaban J connectivity index is 1.70. The molecule has 10 heteroatoms. The number of carbonyl (C=O) groups excluding carboxylic acids is 3. The molecule has 2 amide bonds. The van der Waals surface area contributed by atoms with Crippen LogP contribution in [0.1, 0.15) is 57.5 Å². The molecule has 3 heterocycles. The fraction of sp³-hybridized carbons (Fsp3) is 0.391. The largest absolute Gasteiger partial charge is 0.478 e. The lowest BCUT2D eigenvalue weighted by Crippen LogP contribution is -2.34. The maximum Gasteiger partial charge on any atom is 0.339 e. The van der Waals surface area contributed by atoms with Gasteiger partial charge in [0.1, 0.15) is 11.5 Å². The number of hydrogen-bond donors (Lipinski definition) is 1. The van der Waals surface area contributed by atoms with Crippen molar-refractivity contribution >= 4 is 52.3 Å². The third kappa shape index (κ3) is 4.24. The molecule has 0 atom stereocenters. The number of esters is 1. The number of carboxylic acid groups (broad SMARTS) is 1. The molecular weight excluding hydrogens is 464 g/mol. The van der Waals surface area contributed by atoms with E-state index in [0.717, 1.165) is 69.7 Å². The SMILES string of the molecule is CCOC(=O)CN1C(=O)S/C(=C/c2cc(C)n(-c3sc4c(c3C(=O)O)CCCC4)c2C)C1=O. The Bertz CT molecular complexity index is 1210. The number of amides is 2. The van der Waals surface area contributed by atoms with Crippen molar-refractivity contribution in [3.05, 3.63) is 43.9 Å². The van der Waals surface area contributed by atoms with Crippen molar-refractivity contribution in [3.8, 4) is 5.00 Å². The molecule has 1 aliphatic carbocycles. The summed E-state index contributed by atoms with van der Waals surface area (Å²) >= 11 is 2.29. The Morgan fingerprint density at radius 2 is 1.94 bits per heavy atom. The third-order valence-electron chi connectivity index (χ3n) is 5.79. The highest BCUT2D eigenvalue weighted by atomic mass is 32.2. The molecule has 0 aromatic carbocycles. The molecule has 0 bridgehead atoms. The average Bonchev–Trinajstić information content (AvgIpc) is 3.35. The summed E-state index contributed by atoms with van der Waals surface area (Å²) in [6, 6.07) is 1.87. The quantitative estimate of drug-likeness (QED) is 0.476. The van der Waals surface area contributed by atoms with Crippen LogP contribution in [0.4, 0.5) is 4.79 Å². The number of carbonyl (C=O) groups is 4. The highest BCUT2D eigenvalue weighted by Gasteiger charge is 2.37. The fourth-order valence-electron chi connectivity index (χ4n) is 4.29. The molecular formula is C23H24N2O6S2. The second-order valence-electron chi connectivity index (χ2n) is 7.93. The predicted octanol–water partition coefficient (Wildman–Crippen LogP) is 4.33. The number of nitrogens with zero attached hydrogens (tertiary/aromatic N) is 2. The Labute approximate surface area is 199 Å². The summed E-state index contributed by atoms with van der Waals surface area (Å²) in [7, 11) is 0. The lowest BCUT2D eigenvalue weighted by atomic mass is 9.95. The van der Waals surface area contributed by atoms with E-state index >= 15 is 0 Å². The van der Waals surface area contributed by atoms with Gasteiger partial charge in [0.25, 0.3) is 11.1 Å². The van der Waals surface area contributed by atoms with Crippen molar-refractivity contribution in [1.82, 2.24) is 9.47 Å². The number of carboxylic acids is 1. The van der Waals surface area contributed by atoms with Crippen molar-refractivity contribution in [3.63, 3.8) is 0 Å². The molecule has 0 spiro atoms. The van der Waals surface area contributed by atoms with Gasteiger partial charge < -0.3 is 14.4 Å². The first-order valence-electron chi connectivity index (χ1n) is 10.7. The van der Waals surface area contributed by atoms with E-state index in [1.165, 1.54) is 11.3 Å². The monoisotopic (exact) mass is 488 g/mol. The normalized spacial score (nSPS) is 17.1. The number of aromatic nitrogens is 1. The predicted molar refractivity (Wildman–Crippen MR) is 126 cm³/mol. The minimum Gasteiger partial charge on any atom is -0.478 e. The highest BCUT2D eigenvalue weighted by Crippen LogP contribution is 2.39. The van der Waals surface area contributed by atoms with Crippen molar-refractivity contribution < 1.29 is 29.0 Å². The van der Waals surface area contributed by atoms with E-state index in [1.54, 1.807) is 13.0 Å². The van der Waals surface area contributed by atoms with Crippen LogP contribution in [-0.4, -0.2) is 50.8 Å². The Morgan fingerprint density at radius 3 is 2.64 bits per heavy atom. The molecule has 174 valence electrons. The maximum atomic E-state index is 12.7. The number of thiophene rings is 1. The van der Waals surface area contributed by atoms with Crippen LogP contribution in [0.5, 0.6) is 0 Å². The number of hydrogen-bond acceptors (Lipinski definition) is 7. The van der Waals surface area contributed by atoms with Crippen molar-refractivity contribution in [1.29, 1.82) is 0 Å². The van der Waals surface area contributed by atoms with E-state index in [4.69, 9.17) is 4.74 Å². The van der Waals surface area contributed by atoms with Gasteiger partial charge in [-0.05, 0) is 81.5 Å². The first kappa shape index (κ1) is 23.3. The van der Waals surface area contributed by atoms with E-state index in [2.05, 4.69) is 0 Å².